The van der Waals surface area contributed by atoms with Crippen molar-refractivity contribution >= 4 is 73.4 Å². The van der Waals surface area contributed by atoms with Crippen LogP contribution >= 0.6 is 50.9 Å². The molecule has 2 heterocycles. The van der Waals surface area contributed by atoms with E-state index in [9.17, 15) is 0 Å². The number of nitrogens with two attached hydrogens (primary N) is 1. The SMILES string of the molecule is Br.Br.Br.COCc1nc2cc(N)cc3c2n1CCN3. The number of methoxy groups -OCH3 is 1. The minimum absolute atomic E-state index is 0. The molecular formula is C11H17Br3N4O. The predicted octanol–water partition coefficient (Wildman–Crippen LogP) is 2.92. The Hall–Kier alpha value is -0.310. The first kappa shape index (κ1) is 18.7. The molecule has 1 aliphatic rings. The van der Waals surface area contributed by atoms with Crippen molar-refractivity contribution in [1.29, 1.82) is 0 Å². The average Bonchev–Trinajstić information content (AvgIpc) is 2.59. The first-order chi connectivity index (χ1) is 7.79. The number of benzene rings is 1. The monoisotopic (exact) mass is 458 g/mol. The molecule has 3 N–H and O–H groups in total. The lowest BCUT2D eigenvalue weighted by Gasteiger charge is -2.18. The zero-order valence-electron chi connectivity index (χ0n) is 10.4. The van der Waals surface area contributed by atoms with Crippen LogP contribution in [0.1, 0.15) is 5.82 Å². The maximum Gasteiger partial charge on any atom is 0.136 e. The zero-order chi connectivity index (χ0) is 11.1. The van der Waals surface area contributed by atoms with Gasteiger partial charge >= 0.3 is 0 Å². The van der Waals surface area contributed by atoms with Crippen LogP contribution in [0.5, 0.6) is 0 Å². The molecular weight excluding hydrogens is 444 g/mol. The number of imidazole rings is 1. The van der Waals surface area contributed by atoms with Gasteiger partial charge in [-0.1, -0.05) is 0 Å². The van der Waals surface area contributed by atoms with Gasteiger partial charge in [-0.05, 0) is 12.1 Å². The van der Waals surface area contributed by atoms with E-state index in [1.807, 2.05) is 12.1 Å². The van der Waals surface area contributed by atoms with Crippen LogP contribution in [-0.4, -0.2) is 23.2 Å². The van der Waals surface area contributed by atoms with E-state index in [1.54, 1.807) is 7.11 Å². The van der Waals surface area contributed by atoms with Gasteiger partial charge in [-0.15, -0.1) is 50.9 Å². The molecule has 0 aliphatic carbocycles. The Morgan fingerprint density at radius 1 is 1.37 bits per heavy atom. The van der Waals surface area contributed by atoms with Crippen LogP contribution in [0.4, 0.5) is 11.4 Å². The number of nitrogen functional groups attached to an aromatic ring is 1. The molecule has 0 spiro atoms. The highest BCUT2D eigenvalue weighted by molar-refractivity contribution is 8.93. The number of halogens is 3. The van der Waals surface area contributed by atoms with Crippen molar-refractivity contribution in [2.45, 2.75) is 13.2 Å². The molecule has 0 bridgehead atoms. The van der Waals surface area contributed by atoms with Crippen molar-refractivity contribution in [2.75, 3.05) is 24.7 Å². The minimum Gasteiger partial charge on any atom is -0.399 e. The molecule has 1 aromatic carbocycles. The molecule has 3 rings (SSSR count). The summed E-state index contributed by atoms with van der Waals surface area (Å²) < 4.78 is 7.36. The largest absolute Gasteiger partial charge is 0.399 e. The van der Waals surface area contributed by atoms with Gasteiger partial charge in [-0.25, -0.2) is 4.98 Å². The fraction of sp³-hybridized carbons (Fsp3) is 0.364. The number of ether oxygens (including phenoxy) is 1. The molecule has 108 valence electrons. The van der Waals surface area contributed by atoms with Crippen molar-refractivity contribution in [3.05, 3.63) is 18.0 Å². The number of rotatable bonds is 2. The third-order valence-corrected chi connectivity index (χ3v) is 2.87. The van der Waals surface area contributed by atoms with Crippen LogP contribution in [0, 0.1) is 0 Å². The molecule has 0 unspecified atom stereocenters. The van der Waals surface area contributed by atoms with E-state index in [2.05, 4.69) is 14.9 Å². The second-order valence-corrected chi connectivity index (χ2v) is 3.98. The number of nitrogens with one attached hydrogen (secondary N) is 1. The summed E-state index contributed by atoms with van der Waals surface area (Å²) in [5, 5.41) is 3.34. The molecule has 5 nitrogen and oxygen atoms in total. The van der Waals surface area contributed by atoms with E-state index in [1.165, 1.54) is 0 Å². The lowest BCUT2D eigenvalue weighted by Crippen LogP contribution is -2.18. The van der Waals surface area contributed by atoms with Gasteiger partial charge in [-0.3, -0.25) is 0 Å². The first-order valence-corrected chi connectivity index (χ1v) is 5.31. The normalized spacial score (nSPS) is 11.8. The first-order valence-electron chi connectivity index (χ1n) is 5.31. The minimum atomic E-state index is 0. The lowest BCUT2D eigenvalue weighted by atomic mass is 10.2. The van der Waals surface area contributed by atoms with E-state index in [-0.39, 0.29) is 50.9 Å². The third kappa shape index (κ3) is 3.24. The van der Waals surface area contributed by atoms with Crippen molar-refractivity contribution in [3.63, 3.8) is 0 Å². The molecule has 0 radical (unpaired) electrons. The number of aromatic nitrogens is 2. The maximum absolute atomic E-state index is 5.84. The van der Waals surface area contributed by atoms with E-state index in [4.69, 9.17) is 10.5 Å². The van der Waals surface area contributed by atoms with Crippen LogP contribution in [0.25, 0.3) is 11.0 Å². The van der Waals surface area contributed by atoms with Gasteiger partial charge in [0, 0.05) is 25.9 Å². The van der Waals surface area contributed by atoms with Gasteiger partial charge in [0.2, 0.25) is 0 Å². The zero-order valence-corrected chi connectivity index (χ0v) is 15.5. The molecule has 1 aromatic heterocycles. The quantitative estimate of drug-likeness (QED) is 0.676. The number of hydrogen-bond acceptors (Lipinski definition) is 4. The van der Waals surface area contributed by atoms with Gasteiger partial charge < -0.3 is 20.4 Å². The molecule has 19 heavy (non-hydrogen) atoms. The van der Waals surface area contributed by atoms with Crippen LogP contribution < -0.4 is 11.1 Å². The Labute approximate surface area is 143 Å². The predicted molar refractivity (Wildman–Crippen MR) is 94.3 cm³/mol. The molecule has 0 saturated carbocycles. The Bertz CT molecular complexity index is 558. The smallest absolute Gasteiger partial charge is 0.136 e. The van der Waals surface area contributed by atoms with E-state index < -0.39 is 0 Å². The van der Waals surface area contributed by atoms with Crippen LogP contribution in [0.15, 0.2) is 12.1 Å². The van der Waals surface area contributed by atoms with Gasteiger partial charge in [0.15, 0.2) is 0 Å². The summed E-state index contributed by atoms with van der Waals surface area (Å²) >= 11 is 0. The summed E-state index contributed by atoms with van der Waals surface area (Å²) in [4.78, 5) is 4.55. The topological polar surface area (TPSA) is 65.1 Å². The summed E-state index contributed by atoms with van der Waals surface area (Å²) in [7, 11) is 1.68. The van der Waals surface area contributed by atoms with Crippen molar-refractivity contribution in [2.24, 2.45) is 0 Å². The lowest BCUT2D eigenvalue weighted by molar-refractivity contribution is 0.175. The van der Waals surface area contributed by atoms with Crippen LogP contribution in [0.3, 0.4) is 0 Å². The standard InChI is InChI=1S/C11H14N4O.3BrH/c1-16-6-10-14-9-5-7(12)4-8-11(9)15(10)3-2-13-8;;;/h4-5,13H,2-3,6,12H2,1H3;3*1H. The highest BCUT2D eigenvalue weighted by atomic mass is 79.9. The fourth-order valence-corrected chi connectivity index (χ4v) is 2.26. The molecule has 1 aliphatic heterocycles. The average molecular weight is 461 g/mol. The summed E-state index contributed by atoms with van der Waals surface area (Å²) in [5.41, 5.74) is 9.72. The second-order valence-electron chi connectivity index (χ2n) is 3.98. The molecule has 0 saturated heterocycles. The fourth-order valence-electron chi connectivity index (χ4n) is 2.26. The van der Waals surface area contributed by atoms with E-state index in [0.29, 0.717) is 6.61 Å². The summed E-state index contributed by atoms with van der Waals surface area (Å²) in [5.74, 6) is 0.964. The number of nitrogens with zero attached hydrogens (tertiary/aromatic N) is 2. The maximum atomic E-state index is 5.84. The van der Waals surface area contributed by atoms with Gasteiger partial charge in [-0.2, -0.15) is 0 Å². The van der Waals surface area contributed by atoms with E-state index in [0.717, 1.165) is 41.3 Å². The van der Waals surface area contributed by atoms with Gasteiger partial charge in [0.25, 0.3) is 0 Å². The van der Waals surface area contributed by atoms with Crippen LogP contribution in [-0.2, 0) is 17.9 Å². The molecule has 2 aromatic rings. The Kier molecular flexibility index (Phi) is 7.34. The van der Waals surface area contributed by atoms with Crippen molar-refractivity contribution < 1.29 is 4.74 Å². The van der Waals surface area contributed by atoms with Crippen LogP contribution in [0.2, 0.25) is 0 Å². The number of anilines is 2. The summed E-state index contributed by atoms with van der Waals surface area (Å²) in [6.07, 6.45) is 0. The Morgan fingerprint density at radius 3 is 2.79 bits per heavy atom. The molecule has 0 amide bonds. The van der Waals surface area contributed by atoms with Gasteiger partial charge in [0.1, 0.15) is 12.4 Å². The number of hydrogen-bond donors (Lipinski definition) is 2. The molecule has 0 fully saturated rings. The van der Waals surface area contributed by atoms with Crippen molar-refractivity contribution in [3.8, 4) is 0 Å². The van der Waals surface area contributed by atoms with Crippen molar-refractivity contribution in [1.82, 2.24) is 9.55 Å². The Balaban J connectivity index is 0.00000108. The highest BCUT2D eigenvalue weighted by Crippen LogP contribution is 2.30. The second kappa shape index (κ2) is 7.47. The molecule has 8 heteroatoms. The van der Waals surface area contributed by atoms with E-state index >= 15 is 0 Å². The van der Waals surface area contributed by atoms with Gasteiger partial charge in [0.05, 0.1) is 16.7 Å². The summed E-state index contributed by atoms with van der Waals surface area (Å²) in [6.45, 7) is 2.36. The third-order valence-electron chi connectivity index (χ3n) is 2.87. The summed E-state index contributed by atoms with van der Waals surface area (Å²) in [6, 6.07) is 3.86. The molecule has 0 atom stereocenters. The highest BCUT2D eigenvalue weighted by Gasteiger charge is 2.17. The Morgan fingerprint density at radius 2 is 2.11 bits per heavy atom.